The minimum absolute atomic E-state index is 0.0848. The average Bonchev–Trinajstić information content (AvgIpc) is 2.50. The van der Waals surface area contributed by atoms with Gasteiger partial charge in [0, 0.05) is 6.42 Å². The van der Waals surface area contributed by atoms with Crippen LogP contribution in [-0.4, -0.2) is 22.3 Å². The summed E-state index contributed by atoms with van der Waals surface area (Å²) >= 11 is 0. The summed E-state index contributed by atoms with van der Waals surface area (Å²) in [7, 11) is 0. The Kier molecular flexibility index (Phi) is 2.26. The first-order valence-corrected chi connectivity index (χ1v) is 4.80. The number of ether oxygens (including phenoxy) is 1. The van der Waals surface area contributed by atoms with Gasteiger partial charge in [-0.2, -0.15) is 0 Å². The van der Waals surface area contributed by atoms with Crippen molar-refractivity contribution < 1.29 is 19.7 Å². The van der Waals surface area contributed by atoms with E-state index in [0.29, 0.717) is 12.0 Å². The van der Waals surface area contributed by atoms with Gasteiger partial charge in [0.15, 0.2) is 11.5 Å². The van der Waals surface area contributed by atoms with Gasteiger partial charge in [-0.15, -0.1) is 0 Å². The smallest absolute Gasteiger partial charge is 0.313 e. The molecule has 4 heteroatoms. The van der Waals surface area contributed by atoms with Gasteiger partial charge >= 0.3 is 5.97 Å². The van der Waals surface area contributed by atoms with Crippen molar-refractivity contribution in [2.75, 3.05) is 0 Å². The van der Waals surface area contributed by atoms with Crippen LogP contribution >= 0.6 is 0 Å². The Morgan fingerprint density at radius 2 is 2.07 bits per heavy atom. The van der Waals surface area contributed by atoms with Crippen LogP contribution in [-0.2, 0) is 9.53 Å². The lowest BCUT2D eigenvalue weighted by Gasteiger charge is -2.06. The highest BCUT2D eigenvalue weighted by Crippen LogP contribution is 2.34. The van der Waals surface area contributed by atoms with Crippen molar-refractivity contribution in [3.05, 3.63) is 23.8 Å². The van der Waals surface area contributed by atoms with E-state index in [1.165, 1.54) is 12.1 Å². The number of esters is 1. The molecule has 15 heavy (non-hydrogen) atoms. The second-order valence-corrected chi connectivity index (χ2v) is 3.78. The Hall–Kier alpha value is -1.71. The van der Waals surface area contributed by atoms with Crippen molar-refractivity contribution in [2.45, 2.75) is 25.4 Å². The molecule has 0 bridgehead atoms. The van der Waals surface area contributed by atoms with Crippen LogP contribution in [0.1, 0.15) is 24.8 Å². The lowest BCUT2D eigenvalue weighted by molar-refractivity contribution is -0.141. The van der Waals surface area contributed by atoms with E-state index in [-0.39, 0.29) is 29.5 Å². The monoisotopic (exact) mass is 208 g/mol. The molecule has 4 nitrogen and oxygen atoms in total. The van der Waals surface area contributed by atoms with Gasteiger partial charge in [-0.05, 0) is 24.6 Å². The minimum atomic E-state index is -0.327. The lowest BCUT2D eigenvalue weighted by atomic mass is 9.96. The zero-order valence-corrected chi connectivity index (χ0v) is 8.30. The molecule has 0 aromatic heterocycles. The molecule has 1 heterocycles. The molecule has 2 atom stereocenters. The molecule has 1 aromatic rings. The number of phenolic OH excluding ortho intramolecular Hbond substituents is 2. The second kappa shape index (κ2) is 3.46. The number of rotatable bonds is 1. The fourth-order valence-corrected chi connectivity index (χ4v) is 1.79. The summed E-state index contributed by atoms with van der Waals surface area (Å²) in [5.74, 6) is -0.989. The number of hydrogen-bond donors (Lipinski definition) is 2. The van der Waals surface area contributed by atoms with E-state index in [9.17, 15) is 9.90 Å². The predicted molar refractivity (Wildman–Crippen MR) is 52.7 cm³/mol. The zero-order chi connectivity index (χ0) is 11.0. The highest BCUT2D eigenvalue weighted by atomic mass is 16.5. The fourth-order valence-electron chi connectivity index (χ4n) is 1.79. The molecular formula is C11H12O4. The van der Waals surface area contributed by atoms with Crippen molar-refractivity contribution in [1.29, 1.82) is 0 Å². The predicted octanol–water partition coefficient (Wildman–Crippen LogP) is 1.52. The van der Waals surface area contributed by atoms with Crippen molar-refractivity contribution in [3.63, 3.8) is 0 Å². The molecular weight excluding hydrogens is 196 g/mol. The first-order chi connectivity index (χ1) is 7.08. The summed E-state index contributed by atoms with van der Waals surface area (Å²) in [5, 5.41) is 18.4. The summed E-state index contributed by atoms with van der Waals surface area (Å²) in [6.07, 6.45) is 0.529. The molecule has 0 radical (unpaired) electrons. The van der Waals surface area contributed by atoms with Gasteiger partial charge < -0.3 is 14.9 Å². The number of carbonyl (C=O) groups excluding carboxylic acids is 1. The zero-order valence-electron chi connectivity index (χ0n) is 8.30. The third kappa shape index (κ3) is 1.75. The molecule has 1 aliphatic heterocycles. The van der Waals surface area contributed by atoms with Gasteiger partial charge in [0.25, 0.3) is 0 Å². The Bertz CT molecular complexity index is 400. The van der Waals surface area contributed by atoms with Crippen LogP contribution in [0.4, 0.5) is 0 Å². The third-order valence-electron chi connectivity index (χ3n) is 2.57. The number of benzene rings is 1. The normalized spacial score (nSPS) is 25.3. The second-order valence-electron chi connectivity index (χ2n) is 3.78. The molecule has 2 unspecified atom stereocenters. The summed E-state index contributed by atoms with van der Waals surface area (Å²) in [6, 6.07) is 4.40. The first-order valence-electron chi connectivity index (χ1n) is 4.80. The lowest BCUT2D eigenvalue weighted by Crippen LogP contribution is -2.05. The van der Waals surface area contributed by atoms with Gasteiger partial charge in [0.1, 0.15) is 6.10 Å². The van der Waals surface area contributed by atoms with Gasteiger partial charge in [-0.1, -0.05) is 6.07 Å². The number of cyclic esters (lactones) is 1. The Labute approximate surface area is 87.1 Å². The summed E-state index contributed by atoms with van der Waals surface area (Å²) in [4.78, 5) is 11.4. The van der Waals surface area contributed by atoms with Crippen LogP contribution in [0, 0.1) is 0 Å². The van der Waals surface area contributed by atoms with Gasteiger partial charge in [0.05, 0.1) is 5.92 Å². The largest absolute Gasteiger partial charge is 0.504 e. The van der Waals surface area contributed by atoms with Crippen LogP contribution in [0.3, 0.4) is 0 Å². The molecule has 1 aromatic carbocycles. The van der Waals surface area contributed by atoms with Crippen molar-refractivity contribution in [1.82, 2.24) is 0 Å². The third-order valence-corrected chi connectivity index (χ3v) is 2.57. The van der Waals surface area contributed by atoms with E-state index < -0.39 is 0 Å². The van der Waals surface area contributed by atoms with Crippen LogP contribution in [0.25, 0.3) is 0 Å². The fraction of sp³-hybridized carbons (Fsp3) is 0.364. The van der Waals surface area contributed by atoms with Crippen LogP contribution in [0.5, 0.6) is 11.5 Å². The van der Waals surface area contributed by atoms with E-state index in [1.807, 2.05) is 6.92 Å². The highest BCUT2D eigenvalue weighted by Gasteiger charge is 2.33. The maximum atomic E-state index is 11.4. The number of aromatic hydroxyl groups is 2. The van der Waals surface area contributed by atoms with E-state index in [1.54, 1.807) is 6.07 Å². The van der Waals surface area contributed by atoms with Gasteiger partial charge in [0.2, 0.25) is 0 Å². The highest BCUT2D eigenvalue weighted by molar-refractivity contribution is 5.80. The van der Waals surface area contributed by atoms with Crippen molar-refractivity contribution in [3.8, 4) is 11.5 Å². The molecule has 1 saturated heterocycles. The van der Waals surface area contributed by atoms with Crippen LogP contribution in [0.2, 0.25) is 0 Å². The van der Waals surface area contributed by atoms with Gasteiger partial charge in [-0.3, -0.25) is 4.79 Å². The minimum Gasteiger partial charge on any atom is -0.504 e. The summed E-state index contributed by atoms with van der Waals surface area (Å²) in [5.41, 5.74) is 0.680. The van der Waals surface area contributed by atoms with Crippen molar-refractivity contribution in [2.24, 2.45) is 0 Å². The molecule has 2 rings (SSSR count). The van der Waals surface area contributed by atoms with E-state index in [2.05, 4.69) is 0 Å². The summed E-state index contributed by atoms with van der Waals surface area (Å²) in [6.45, 7) is 1.83. The summed E-state index contributed by atoms with van der Waals surface area (Å²) < 4.78 is 5.02. The van der Waals surface area contributed by atoms with Crippen LogP contribution < -0.4 is 0 Å². The molecule has 1 aliphatic rings. The molecule has 0 saturated carbocycles. The molecule has 2 N–H and O–H groups in total. The molecule has 0 spiro atoms. The van der Waals surface area contributed by atoms with E-state index >= 15 is 0 Å². The maximum absolute atomic E-state index is 11.4. The molecule has 80 valence electrons. The Morgan fingerprint density at radius 1 is 1.33 bits per heavy atom. The molecule has 0 aliphatic carbocycles. The number of phenols is 2. The van der Waals surface area contributed by atoms with Crippen LogP contribution in [0.15, 0.2) is 18.2 Å². The maximum Gasteiger partial charge on any atom is 0.313 e. The van der Waals surface area contributed by atoms with E-state index in [0.717, 1.165) is 0 Å². The van der Waals surface area contributed by atoms with Gasteiger partial charge in [-0.25, -0.2) is 0 Å². The first kappa shape index (κ1) is 9.83. The topological polar surface area (TPSA) is 66.8 Å². The Morgan fingerprint density at radius 3 is 2.60 bits per heavy atom. The van der Waals surface area contributed by atoms with Crippen molar-refractivity contribution >= 4 is 5.97 Å². The molecule has 1 fully saturated rings. The van der Waals surface area contributed by atoms with E-state index in [4.69, 9.17) is 9.84 Å². The quantitative estimate of drug-likeness (QED) is 0.542. The number of carbonyl (C=O) groups is 1. The standard InChI is InChI=1S/C11H12O4/c1-6-4-8(11(14)15-6)7-2-3-9(12)10(13)5-7/h2-3,5-6,8,12-13H,4H2,1H3. The average molecular weight is 208 g/mol. The number of hydrogen-bond acceptors (Lipinski definition) is 4. The molecule has 0 amide bonds. The SMILES string of the molecule is CC1CC(c2ccc(O)c(O)c2)C(=O)O1. The Balaban J connectivity index is 2.30.